The van der Waals surface area contributed by atoms with Gasteiger partial charge >= 0.3 is 0 Å². The summed E-state index contributed by atoms with van der Waals surface area (Å²) in [5.41, 5.74) is 0. The average molecular weight is 255 g/mol. The lowest BCUT2D eigenvalue weighted by molar-refractivity contribution is -0.126. The van der Waals surface area contributed by atoms with Gasteiger partial charge in [-0.1, -0.05) is 13.3 Å². The summed E-state index contributed by atoms with van der Waals surface area (Å²) in [4.78, 5) is 14.5. The fourth-order valence-electron chi connectivity index (χ4n) is 2.84. The van der Waals surface area contributed by atoms with Gasteiger partial charge in [0.1, 0.15) is 0 Å². The van der Waals surface area contributed by atoms with Crippen molar-refractivity contribution in [3.05, 3.63) is 0 Å². The molecule has 3 unspecified atom stereocenters. The van der Waals surface area contributed by atoms with E-state index in [4.69, 9.17) is 0 Å². The third-order valence-corrected chi connectivity index (χ3v) is 3.85. The zero-order valence-electron chi connectivity index (χ0n) is 12.3. The quantitative estimate of drug-likeness (QED) is 0.722. The lowest BCUT2D eigenvalue weighted by atomic mass is 10.1. The van der Waals surface area contributed by atoms with E-state index in [9.17, 15) is 4.79 Å². The summed E-state index contributed by atoms with van der Waals surface area (Å²) in [5, 5.41) is 6.34. The van der Waals surface area contributed by atoms with Crippen LogP contribution in [-0.2, 0) is 4.79 Å². The summed E-state index contributed by atoms with van der Waals surface area (Å²) in [6.07, 6.45) is 4.57. The minimum Gasteiger partial charge on any atom is -0.352 e. The molecule has 1 heterocycles. The van der Waals surface area contributed by atoms with E-state index in [-0.39, 0.29) is 18.0 Å². The molecule has 0 saturated carbocycles. The summed E-state index contributed by atoms with van der Waals surface area (Å²) in [7, 11) is 1.98. The van der Waals surface area contributed by atoms with Gasteiger partial charge in [-0.25, -0.2) is 0 Å². The van der Waals surface area contributed by atoms with Crippen molar-refractivity contribution in [2.45, 2.75) is 64.6 Å². The second-order valence-corrected chi connectivity index (χ2v) is 5.47. The number of likely N-dealkylation sites (N-methyl/N-ethyl adjacent to an activating group) is 1. The first kappa shape index (κ1) is 15.4. The molecule has 0 aromatic carbocycles. The molecule has 1 aliphatic heterocycles. The van der Waals surface area contributed by atoms with Crippen molar-refractivity contribution >= 4 is 5.91 Å². The number of hydrogen-bond acceptors (Lipinski definition) is 3. The Morgan fingerprint density at radius 3 is 2.78 bits per heavy atom. The SMILES string of the molecule is CCCC(C)NC(=O)C(C)N1CCCC1CNC. The normalized spacial score (nSPS) is 23.9. The van der Waals surface area contributed by atoms with Gasteiger partial charge in [0.15, 0.2) is 0 Å². The van der Waals surface area contributed by atoms with Crippen LogP contribution < -0.4 is 10.6 Å². The van der Waals surface area contributed by atoms with Crippen molar-refractivity contribution < 1.29 is 4.79 Å². The Morgan fingerprint density at radius 1 is 1.44 bits per heavy atom. The monoisotopic (exact) mass is 255 g/mol. The molecule has 4 nitrogen and oxygen atoms in total. The first-order chi connectivity index (χ1) is 8.60. The largest absolute Gasteiger partial charge is 0.352 e. The molecule has 18 heavy (non-hydrogen) atoms. The fraction of sp³-hybridized carbons (Fsp3) is 0.929. The van der Waals surface area contributed by atoms with E-state index >= 15 is 0 Å². The molecular formula is C14H29N3O. The van der Waals surface area contributed by atoms with Crippen molar-refractivity contribution in [1.82, 2.24) is 15.5 Å². The molecule has 0 aromatic rings. The van der Waals surface area contributed by atoms with E-state index in [1.54, 1.807) is 0 Å². The molecule has 0 aromatic heterocycles. The number of carbonyl (C=O) groups is 1. The summed E-state index contributed by atoms with van der Waals surface area (Å²) in [5.74, 6) is 0.180. The van der Waals surface area contributed by atoms with Crippen molar-refractivity contribution in [2.75, 3.05) is 20.1 Å². The second-order valence-electron chi connectivity index (χ2n) is 5.47. The standard InChI is InChI=1S/C14H29N3O/c1-5-7-11(2)16-14(18)12(3)17-9-6-8-13(17)10-15-4/h11-13,15H,5-10H2,1-4H3,(H,16,18). The number of carbonyl (C=O) groups excluding carboxylic acids is 1. The minimum absolute atomic E-state index is 0.00911. The summed E-state index contributed by atoms with van der Waals surface area (Å²) in [6, 6.07) is 0.790. The lowest BCUT2D eigenvalue weighted by Gasteiger charge is -2.30. The Bertz CT molecular complexity index is 257. The third kappa shape index (κ3) is 4.25. The number of rotatable bonds is 7. The number of hydrogen-bond donors (Lipinski definition) is 2. The number of amides is 1. The molecular weight excluding hydrogens is 226 g/mol. The van der Waals surface area contributed by atoms with Gasteiger partial charge in [0, 0.05) is 18.6 Å². The first-order valence-corrected chi connectivity index (χ1v) is 7.30. The van der Waals surface area contributed by atoms with E-state index in [1.807, 2.05) is 14.0 Å². The molecule has 1 rings (SSSR count). The zero-order chi connectivity index (χ0) is 13.5. The van der Waals surface area contributed by atoms with Crippen LogP contribution in [0.3, 0.4) is 0 Å². The maximum absolute atomic E-state index is 12.2. The summed E-state index contributed by atoms with van der Waals surface area (Å²) < 4.78 is 0. The highest BCUT2D eigenvalue weighted by Crippen LogP contribution is 2.19. The fourth-order valence-corrected chi connectivity index (χ4v) is 2.84. The van der Waals surface area contributed by atoms with Crippen LogP contribution in [0.15, 0.2) is 0 Å². The van der Waals surface area contributed by atoms with E-state index < -0.39 is 0 Å². The number of nitrogens with zero attached hydrogens (tertiary/aromatic N) is 1. The lowest BCUT2D eigenvalue weighted by Crippen LogP contribution is -2.51. The van der Waals surface area contributed by atoms with E-state index in [1.165, 1.54) is 12.8 Å². The maximum atomic E-state index is 12.2. The van der Waals surface area contributed by atoms with Crippen LogP contribution in [0.4, 0.5) is 0 Å². The van der Waals surface area contributed by atoms with Crippen molar-refractivity contribution in [3.63, 3.8) is 0 Å². The van der Waals surface area contributed by atoms with Crippen LogP contribution in [0.1, 0.15) is 46.5 Å². The molecule has 4 heteroatoms. The van der Waals surface area contributed by atoms with Crippen LogP contribution in [0.2, 0.25) is 0 Å². The minimum atomic E-state index is -0.00911. The van der Waals surface area contributed by atoms with Crippen LogP contribution in [0.5, 0.6) is 0 Å². The Balaban J connectivity index is 2.46. The molecule has 3 atom stereocenters. The Labute approximate surface area is 111 Å². The van der Waals surface area contributed by atoms with Gasteiger partial charge in [-0.15, -0.1) is 0 Å². The molecule has 1 amide bonds. The van der Waals surface area contributed by atoms with Crippen LogP contribution in [-0.4, -0.2) is 49.1 Å². The van der Waals surface area contributed by atoms with Gasteiger partial charge in [-0.2, -0.15) is 0 Å². The van der Waals surface area contributed by atoms with Gasteiger partial charge in [0.2, 0.25) is 5.91 Å². The van der Waals surface area contributed by atoms with Crippen molar-refractivity contribution in [3.8, 4) is 0 Å². The average Bonchev–Trinajstić information content (AvgIpc) is 2.77. The van der Waals surface area contributed by atoms with Gasteiger partial charge < -0.3 is 10.6 Å². The second kappa shape index (κ2) is 7.74. The van der Waals surface area contributed by atoms with Gasteiger partial charge in [0.25, 0.3) is 0 Å². The van der Waals surface area contributed by atoms with Gasteiger partial charge in [-0.3, -0.25) is 9.69 Å². The van der Waals surface area contributed by atoms with E-state index in [0.29, 0.717) is 6.04 Å². The highest BCUT2D eigenvalue weighted by Gasteiger charge is 2.31. The smallest absolute Gasteiger partial charge is 0.237 e. The molecule has 2 N–H and O–H groups in total. The maximum Gasteiger partial charge on any atom is 0.237 e. The predicted molar refractivity (Wildman–Crippen MR) is 75.6 cm³/mol. The first-order valence-electron chi connectivity index (χ1n) is 7.30. The van der Waals surface area contributed by atoms with E-state index in [2.05, 4.69) is 29.4 Å². The molecule has 106 valence electrons. The summed E-state index contributed by atoms with van der Waals surface area (Å²) in [6.45, 7) is 8.28. The topological polar surface area (TPSA) is 44.4 Å². The van der Waals surface area contributed by atoms with Crippen LogP contribution in [0.25, 0.3) is 0 Å². The molecule has 0 spiro atoms. The molecule has 0 aliphatic carbocycles. The highest BCUT2D eigenvalue weighted by atomic mass is 16.2. The molecule has 1 saturated heterocycles. The molecule has 0 radical (unpaired) electrons. The Hall–Kier alpha value is -0.610. The van der Waals surface area contributed by atoms with Gasteiger partial charge in [-0.05, 0) is 46.7 Å². The van der Waals surface area contributed by atoms with Crippen LogP contribution >= 0.6 is 0 Å². The van der Waals surface area contributed by atoms with Crippen molar-refractivity contribution in [2.24, 2.45) is 0 Å². The van der Waals surface area contributed by atoms with E-state index in [0.717, 1.165) is 25.9 Å². The van der Waals surface area contributed by atoms with Gasteiger partial charge in [0.05, 0.1) is 6.04 Å². The number of nitrogens with one attached hydrogen (secondary N) is 2. The number of likely N-dealkylation sites (tertiary alicyclic amines) is 1. The molecule has 1 aliphatic rings. The predicted octanol–water partition coefficient (Wildman–Crippen LogP) is 1.36. The summed E-state index contributed by atoms with van der Waals surface area (Å²) >= 11 is 0. The third-order valence-electron chi connectivity index (χ3n) is 3.85. The Kier molecular flexibility index (Phi) is 6.65. The molecule has 1 fully saturated rings. The molecule has 0 bridgehead atoms. The zero-order valence-corrected chi connectivity index (χ0v) is 12.3. The highest BCUT2D eigenvalue weighted by molar-refractivity contribution is 5.81. The van der Waals surface area contributed by atoms with Crippen molar-refractivity contribution in [1.29, 1.82) is 0 Å². The van der Waals surface area contributed by atoms with Crippen LogP contribution in [0, 0.1) is 0 Å². The Morgan fingerprint density at radius 2 is 2.17 bits per heavy atom.